The van der Waals surface area contributed by atoms with E-state index in [-0.39, 0.29) is 6.01 Å². The lowest BCUT2D eigenvalue weighted by atomic mass is 10.1. The van der Waals surface area contributed by atoms with Crippen molar-refractivity contribution in [2.75, 3.05) is 0 Å². The van der Waals surface area contributed by atoms with Crippen LogP contribution in [0.25, 0.3) is 15.2 Å². The highest BCUT2D eigenvalue weighted by atomic mass is 32.1. The Hall–Kier alpha value is -3.70. The van der Waals surface area contributed by atoms with Gasteiger partial charge in [-0.1, -0.05) is 16.2 Å². The largest absolute Gasteiger partial charge is 0.424 e. The molecule has 5 rings (SSSR count). The molecule has 0 N–H and O–H groups in total. The highest BCUT2D eigenvalue weighted by molar-refractivity contribution is 7.18. The fraction of sp³-hybridized carbons (Fsp3) is 0.182. The first-order chi connectivity index (χ1) is 14.8. The van der Waals surface area contributed by atoms with Crippen molar-refractivity contribution >= 4 is 33.6 Å². The minimum atomic E-state index is -0.518. The molecule has 1 aliphatic heterocycles. The lowest BCUT2D eigenvalue weighted by molar-refractivity contribution is 0.438. The monoisotopic (exact) mass is 413 g/mol. The van der Waals surface area contributed by atoms with Crippen LogP contribution in [-0.4, -0.2) is 26.2 Å². The van der Waals surface area contributed by atoms with Crippen molar-refractivity contribution in [1.29, 1.82) is 0 Å². The Morgan fingerprint density at radius 3 is 2.97 bits per heavy atom. The van der Waals surface area contributed by atoms with Gasteiger partial charge in [0.25, 0.3) is 6.57 Å². The molecule has 30 heavy (non-hydrogen) atoms. The van der Waals surface area contributed by atoms with Crippen LogP contribution in [-0.2, 0) is 6.42 Å². The number of ether oxygens (including phenoxy) is 1. The molecule has 0 amide bonds. The number of benzene rings is 1. The molecule has 3 aromatic heterocycles. The van der Waals surface area contributed by atoms with Crippen LogP contribution < -0.4 is 4.74 Å². The Morgan fingerprint density at radius 2 is 2.07 bits per heavy atom. The molecule has 8 heteroatoms. The molecule has 0 spiro atoms. The van der Waals surface area contributed by atoms with Gasteiger partial charge in [0, 0.05) is 18.6 Å². The highest BCUT2D eigenvalue weighted by Crippen LogP contribution is 2.33. The molecule has 0 aliphatic carbocycles. The number of nitrogens with zero attached hydrogens (tertiary/aromatic N) is 6. The average molecular weight is 413 g/mol. The van der Waals surface area contributed by atoms with Gasteiger partial charge in [-0.25, -0.2) is 15.0 Å². The van der Waals surface area contributed by atoms with Crippen LogP contribution in [0.2, 0.25) is 0 Å². The standard InChI is InChI=1S/C22H17N6OS/c1-23-19(21-27-18-6-4-11-25-20(18)30-21)17-9-12-26-22(28-17)29-15-7-8-16-14(13-15)5-2-3-10-24-16/h1,4,6-13,19H,2-3,5H2/q+1. The molecule has 1 aromatic carbocycles. The first-order valence-corrected chi connectivity index (χ1v) is 10.4. The van der Waals surface area contributed by atoms with Gasteiger partial charge in [-0.2, -0.15) is 4.98 Å². The first kappa shape index (κ1) is 18.3. The van der Waals surface area contributed by atoms with E-state index in [2.05, 4.69) is 29.8 Å². The third-order valence-corrected chi connectivity index (χ3v) is 5.80. The number of pyridine rings is 1. The highest BCUT2D eigenvalue weighted by Gasteiger charge is 2.29. The molecular formula is C22H17N6OS+. The van der Waals surface area contributed by atoms with Crippen LogP contribution in [0.1, 0.15) is 35.1 Å². The van der Waals surface area contributed by atoms with Crippen molar-refractivity contribution in [2.24, 2.45) is 4.99 Å². The zero-order chi connectivity index (χ0) is 20.3. The van der Waals surface area contributed by atoms with Crippen LogP contribution in [0.3, 0.4) is 0 Å². The van der Waals surface area contributed by atoms with Crippen LogP contribution in [0.15, 0.2) is 53.8 Å². The fourth-order valence-corrected chi connectivity index (χ4v) is 4.30. The summed E-state index contributed by atoms with van der Waals surface area (Å²) in [5.74, 6) is 0.674. The summed E-state index contributed by atoms with van der Waals surface area (Å²) < 4.78 is 5.93. The zero-order valence-electron chi connectivity index (χ0n) is 16.0. The predicted molar refractivity (Wildman–Crippen MR) is 117 cm³/mol. The molecule has 1 atom stereocenters. The van der Waals surface area contributed by atoms with E-state index in [0.717, 1.165) is 45.9 Å². The van der Waals surface area contributed by atoms with Gasteiger partial charge < -0.3 is 4.74 Å². The van der Waals surface area contributed by atoms with E-state index in [1.807, 2.05) is 36.5 Å². The van der Waals surface area contributed by atoms with E-state index < -0.39 is 6.04 Å². The Balaban J connectivity index is 1.43. The van der Waals surface area contributed by atoms with Crippen LogP contribution in [0, 0.1) is 6.57 Å². The van der Waals surface area contributed by atoms with Gasteiger partial charge in [0.15, 0.2) is 5.01 Å². The van der Waals surface area contributed by atoms with Crippen LogP contribution >= 0.6 is 11.3 Å². The topological polar surface area (TPSA) is 77.5 Å². The molecule has 0 bridgehead atoms. The number of aryl methyl sites for hydroxylation is 1. The van der Waals surface area contributed by atoms with Crippen molar-refractivity contribution in [2.45, 2.75) is 25.3 Å². The molecule has 7 nitrogen and oxygen atoms in total. The average Bonchev–Trinajstić information content (AvgIpc) is 3.05. The number of hydrogen-bond acceptors (Lipinski definition) is 7. The predicted octanol–water partition coefficient (Wildman–Crippen LogP) is 5.36. The summed E-state index contributed by atoms with van der Waals surface area (Å²) >= 11 is 1.44. The molecule has 0 saturated carbocycles. The van der Waals surface area contributed by atoms with Gasteiger partial charge in [0.05, 0.1) is 5.69 Å². The number of aliphatic imine (C=N–C) groups is 1. The first-order valence-electron chi connectivity index (χ1n) is 9.58. The van der Waals surface area contributed by atoms with Crippen molar-refractivity contribution in [3.63, 3.8) is 0 Å². The summed E-state index contributed by atoms with van der Waals surface area (Å²) in [5.41, 5.74) is 3.57. The molecule has 0 saturated heterocycles. The van der Waals surface area contributed by atoms with Gasteiger partial charge >= 0.3 is 12.1 Å². The normalized spacial score (nSPS) is 14.0. The number of hydrogen-bond donors (Lipinski definition) is 0. The van der Waals surface area contributed by atoms with Crippen molar-refractivity contribution < 1.29 is 4.74 Å². The Morgan fingerprint density at radius 1 is 1.10 bits per heavy atom. The molecule has 0 fully saturated rings. The summed E-state index contributed by atoms with van der Waals surface area (Å²) in [7, 11) is 0. The second-order valence-electron chi connectivity index (χ2n) is 6.79. The van der Waals surface area contributed by atoms with Crippen LogP contribution in [0.5, 0.6) is 11.8 Å². The maximum atomic E-state index is 5.93. The van der Waals surface area contributed by atoms with E-state index in [9.17, 15) is 0 Å². The maximum Gasteiger partial charge on any atom is 0.364 e. The van der Waals surface area contributed by atoms with E-state index in [1.54, 1.807) is 18.5 Å². The van der Waals surface area contributed by atoms with Gasteiger partial charge in [0.1, 0.15) is 21.8 Å². The Labute approximate surface area is 177 Å². The Kier molecular flexibility index (Phi) is 4.87. The third-order valence-electron chi connectivity index (χ3n) is 4.77. The summed E-state index contributed by atoms with van der Waals surface area (Å²) in [6.45, 7) is 5.71. The van der Waals surface area contributed by atoms with Crippen molar-refractivity contribution in [1.82, 2.24) is 19.9 Å². The zero-order valence-corrected chi connectivity index (χ0v) is 16.8. The summed E-state index contributed by atoms with van der Waals surface area (Å²) in [5, 5.41) is 0.721. The fourth-order valence-electron chi connectivity index (χ4n) is 3.33. The minimum Gasteiger partial charge on any atom is -0.424 e. The second-order valence-corrected chi connectivity index (χ2v) is 7.80. The van der Waals surface area contributed by atoms with Crippen molar-refractivity contribution in [3.05, 3.63) is 69.9 Å². The third kappa shape index (κ3) is 3.63. The Bertz CT molecular complexity index is 1260. The number of rotatable bonds is 4. The second kappa shape index (κ2) is 7.97. The number of fused-ring (bicyclic) bond motifs is 2. The molecular weight excluding hydrogens is 396 g/mol. The minimum absolute atomic E-state index is 0.234. The van der Waals surface area contributed by atoms with E-state index in [4.69, 9.17) is 11.3 Å². The quantitative estimate of drug-likeness (QED) is 0.450. The maximum absolute atomic E-state index is 5.93. The van der Waals surface area contributed by atoms with Gasteiger partial charge in [-0.3, -0.25) is 4.99 Å². The summed E-state index contributed by atoms with van der Waals surface area (Å²) in [6, 6.07) is 11.1. The van der Waals surface area contributed by atoms with Crippen LogP contribution in [0.4, 0.5) is 5.69 Å². The SMILES string of the molecule is C#[N+]C(c1ccnc(Oc2ccc3c(c2)CCCC=N3)n1)c1nc2cccnc2s1. The van der Waals surface area contributed by atoms with Gasteiger partial charge in [-0.15, -0.1) is 0 Å². The van der Waals surface area contributed by atoms with E-state index >= 15 is 0 Å². The molecule has 146 valence electrons. The van der Waals surface area contributed by atoms with Gasteiger partial charge in [0.2, 0.25) is 0 Å². The van der Waals surface area contributed by atoms with Crippen molar-refractivity contribution in [3.8, 4) is 18.3 Å². The number of thiazole rings is 1. The summed E-state index contributed by atoms with van der Waals surface area (Å²) in [6.07, 6.45) is 8.36. The molecule has 1 aliphatic rings. The smallest absolute Gasteiger partial charge is 0.364 e. The van der Waals surface area contributed by atoms with Gasteiger partial charge in [-0.05, 0) is 61.2 Å². The lowest BCUT2D eigenvalue weighted by Gasteiger charge is -2.08. The van der Waals surface area contributed by atoms with E-state index in [0.29, 0.717) is 11.4 Å². The lowest BCUT2D eigenvalue weighted by Crippen LogP contribution is -2.01. The molecule has 4 aromatic rings. The summed E-state index contributed by atoms with van der Waals surface area (Å²) in [4.78, 5) is 27.0. The number of aromatic nitrogens is 4. The molecule has 4 heterocycles. The molecule has 0 radical (unpaired) electrons. The molecule has 1 unspecified atom stereocenters. The van der Waals surface area contributed by atoms with E-state index in [1.165, 1.54) is 11.3 Å².